The standard InChI is InChI=1S/C6H11F2N.ClH/c7-4-6(8)2-1-3-9-5-6;/h9H,1-5H2;1H. The number of piperidine rings is 1. The zero-order valence-corrected chi connectivity index (χ0v) is 6.52. The molecule has 1 saturated heterocycles. The fourth-order valence-electron chi connectivity index (χ4n) is 1.05. The van der Waals surface area contributed by atoms with Gasteiger partial charge in [0.2, 0.25) is 0 Å². The molecule has 0 aromatic rings. The molecule has 0 bridgehead atoms. The van der Waals surface area contributed by atoms with Crippen LogP contribution in [0.5, 0.6) is 0 Å². The van der Waals surface area contributed by atoms with Crippen LogP contribution in [0.2, 0.25) is 0 Å². The minimum atomic E-state index is -1.56. The predicted molar refractivity (Wildman–Crippen MR) is 39.2 cm³/mol. The third-order valence-corrected chi connectivity index (χ3v) is 1.66. The topological polar surface area (TPSA) is 12.0 Å². The van der Waals surface area contributed by atoms with Gasteiger partial charge in [-0.05, 0) is 19.4 Å². The van der Waals surface area contributed by atoms with Crippen molar-refractivity contribution in [2.24, 2.45) is 0 Å². The molecule has 1 rings (SSSR count). The second kappa shape index (κ2) is 4.09. The summed E-state index contributed by atoms with van der Waals surface area (Å²) in [4.78, 5) is 0. The summed E-state index contributed by atoms with van der Waals surface area (Å²) in [5.74, 6) is 0. The zero-order chi connectivity index (χ0) is 6.74. The molecule has 0 aromatic carbocycles. The van der Waals surface area contributed by atoms with Gasteiger partial charge in [0.15, 0.2) is 5.67 Å². The summed E-state index contributed by atoms with van der Waals surface area (Å²) in [7, 11) is 0. The average molecular weight is 172 g/mol. The lowest BCUT2D eigenvalue weighted by atomic mass is 9.98. The average Bonchev–Trinajstić information content (AvgIpc) is 1.90. The summed E-state index contributed by atoms with van der Waals surface area (Å²) >= 11 is 0. The van der Waals surface area contributed by atoms with Crippen LogP contribution in [0.3, 0.4) is 0 Å². The number of halogens is 3. The van der Waals surface area contributed by atoms with Gasteiger partial charge in [0.1, 0.15) is 6.67 Å². The molecule has 1 heterocycles. The van der Waals surface area contributed by atoms with Gasteiger partial charge in [-0.15, -0.1) is 12.4 Å². The molecule has 1 N–H and O–H groups in total. The normalized spacial score (nSPS) is 33.0. The zero-order valence-electron chi connectivity index (χ0n) is 5.70. The highest BCUT2D eigenvalue weighted by Gasteiger charge is 2.31. The van der Waals surface area contributed by atoms with E-state index in [1.807, 2.05) is 0 Å². The Morgan fingerprint density at radius 2 is 2.20 bits per heavy atom. The molecular formula is C6H12ClF2N. The molecule has 4 heteroatoms. The van der Waals surface area contributed by atoms with Crippen LogP contribution in [0.15, 0.2) is 0 Å². The Morgan fingerprint density at radius 1 is 1.50 bits per heavy atom. The van der Waals surface area contributed by atoms with E-state index < -0.39 is 12.3 Å². The van der Waals surface area contributed by atoms with Crippen molar-refractivity contribution in [1.82, 2.24) is 5.32 Å². The number of hydrogen-bond acceptors (Lipinski definition) is 1. The molecule has 10 heavy (non-hydrogen) atoms. The Hall–Kier alpha value is 0.110. The van der Waals surface area contributed by atoms with Crippen LogP contribution in [0.1, 0.15) is 12.8 Å². The first kappa shape index (κ1) is 10.1. The number of nitrogens with one attached hydrogen (secondary N) is 1. The van der Waals surface area contributed by atoms with Gasteiger partial charge >= 0.3 is 0 Å². The minimum Gasteiger partial charge on any atom is -0.313 e. The molecule has 1 unspecified atom stereocenters. The van der Waals surface area contributed by atoms with E-state index in [9.17, 15) is 8.78 Å². The Bertz CT molecular complexity index is 93.7. The van der Waals surface area contributed by atoms with Crippen LogP contribution < -0.4 is 5.32 Å². The lowest BCUT2D eigenvalue weighted by molar-refractivity contribution is 0.0882. The molecule has 1 aliphatic rings. The maximum absolute atomic E-state index is 12.9. The number of hydrogen-bond donors (Lipinski definition) is 1. The molecule has 0 radical (unpaired) electrons. The Morgan fingerprint density at radius 3 is 2.50 bits per heavy atom. The van der Waals surface area contributed by atoms with Crippen molar-refractivity contribution in [1.29, 1.82) is 0 Å². The first-order valence-electron chi connectivity index (χ1n) is 3.22. The smallest absolute Gasteiger partial charge is 0.151 e. The van der Waals surface area contributed by atoms with Crippen LogP contribution in [0.4, 0.5) is 8.78 Å². The van der Waals surface area contributed by atoms with Gasteiger partial charge in [0, 0.05) is 6.54 Å². The largest absolute Gasteiger partial charge is 0.313 e. The lowest BCUT2D eigenvalue weighted by Crippen LogP contribution is -2.43. The van der Waals surface area contributed by atoms with E-state index in [2.05, 4.69) is 5.32 Å². The second-order valence-corrected chi connectivity index (χ2v) is 2.56. The van der Waals surface area contributed by atoms with E-state index in [1.54, 1.807) is 0 Å². The van der Waals surface area contributed by atoms with Gasteiger partial charge in [0.05, 0.1) is 0 Å². The van der Waals surface area contributed by atoms with Crippen LogP contribution in [0.25, 0.3) is 0 Å². The summed E-state index contributed by atoms with van der Waals surface area (Å²) in [6.07, 6.45) is 1.12. The second-order valence-electron chi connectivity index (χ2n) is 2.56. The van der Waals surface area contributed by atoms with Crippen molar-refractivity contribution in [3.8, 4) is 0 Å². The van der Waals surface area contributed by atoms with E-state index in [0.29, 0.717) is 6.42 Å². The molecule has 0 amide bonds. The molecule has 1 aliphatic heterocycles. The Balaban J connectivity index is 0.000000810. The number of alkyl halides is 2. The van der Waals surface area contributed by atoms with Gasteiger partial charge in [-0.1, -0.05) is 0 Å². The fraction of sp³-hybridized carbons (Fsp3) is 1.00. The summed E-state index contributed by atoms with van der Waals surface area (Å²) in [5.41, 5.74) is -1.56. The van der Waals surface area contributed by atoms with Crippen LogP contribution >= 0.6 is 12.4 Å². The molecular weight excluding hydrogens is 160 g/mol. The third-order valence-electron chi connectivity index (χ3n) is 1.66. The Labute approximate surface area is 65.6 Å². The van der Waals surface area contributed by atoms with Crippen molar-refractivity contribution < 1.29 is 8.78 Å². The molecule has 0 spiro atoms. The van der Waals surface area contributed by atoms with Crippen LogP contribution in [0, 0.1) is 0 Å². The van der Waals surface area contributed by atoms with Crippen molar-refractivity contribution >= 4 is 12.4 Å². The molecule has 1 atom stereocenters. The van der Waals surface area contributed by atoms with Crippen molar-refractivity contribution in [2.75, 3.05) is 19.8 Å². The molecule has 62 valence electrons. The lowest BCUT2D eigenvalue weighted by Gasteiger charge is -2.26. The van der Waals surface area contributed by atoms with Crippen molar-refractivity contribution in [3.63, 3.8) is 0 Å². The maximum Gasteiger partial charge on any atom is 0.151 e. The first-order valence-corrected chi connectivity index (χ1v) is 3.22. The summed E-state index contributed by atoms with van der Waals surface area (Å²) in [6, 6.07) is 0. The van der Waals surface area contributed by atoms with Crippen LogP contribution in [-0.4, -0.2) is 25.4 Å². The van der Waals surface area contributed by atoms with E-state index in [4.69, 9.17) is 0 Å². The SMILES string of the molecule is Cl.FCC1(F)CCCNC1. The summed E-state index contributed by atoms with van der Waals surface area (Å²) in [5, 5.41) is 2.81. The highest BCUT2D eigenvalue weighted by Crippen LogP contribution is 2.20. The van der Waals surface area contributed by atoms with Crippen LogP contribution in [-0.2, 0) is 0 Å². The third kappa shape index (κ3) is 2.39. The summed E-state index contributed by atoms with van der Waals surface area (Å²) in [6.45, 7) is 0.162. The molecule has 0 aromatic heterocycles. The van der Waals surface area contributed by atoms with Crippen molar-refractivity contribution in [3.05, 3.63) is 0 Å². The highest BCUT2D eigenvalue weighted by molar-refractivity contribution is 5.85. The van der Waals surface area contributed by atoms with E-state index in [0.717, 1.165) is 13.0 Å². The molecule has 0 saturated carbocycles. The maximum atomic E-state index is 12.9. The van der Waals surface area contributed by atoms with Gasteiger partial charge in [-0.3, -0.25) is 0 Å². The molecule has 1 fully saturated rings. The monoisotopic (exact) mass is 171 g/mol. The van der Waals surface area contributed by atoms with E-state index in [1.165, 1.54) is 0 Å². The van der Waals surface area contributed by atoms with Gasteiger partial charge in [0.25, 0.3) is 0 Å². The highest BCUT2D eigenvalue weighted by atomic mass is 35.5. The quantitative estimate of drug-likeness (QED) is 0.630. The summed E-state index contributed by atoms with van der Waals surface area (Å²) < 4.78 is 24.7. The Kier molecular flexibility index (Phi) is 4.13. The van der Waals surface area contributed by atoms with E-state index in [-0.39, 0.29) is 19.0 Å². The van der Waals surface area contributed by atoms with Gasteiger partial charge in [-0.2, -0.15) is 0 Å². The molecule has 1 nitrogen and oxygen atoms in total. The first-order chi connectivity index (χ1) is 4.27. The molecule has 0 aliphatic carbocycles. The predicted octanol–water partition coefficient (Wildman–Crippen LogP) is 1.47. The van der Waals surface area contributed by atoms with Crippen molar-refractivity contribution in [2.45, 2.75) is 18.5 Å². The van der Waals surface area contributed by atoms with Gasteiger partial charge in [-0.25, -0.2) is 8.78 Å². The van der Waals surface area contributed by atoms with Gasteiger partial charge < -0.3 is 5.32 Å². The van der Waals surface area contributed by atoms with E-state index >= 15 is 0 Å². The minimum absolute atomic E-state index is 0. The number of rotatable bonds is 1. The fourth-order valence-corrected chi connectivity index (χ4v) is 1.05.